The average Bonchev–Trinajstić information content (AvgIpc) is 3.25. The van der Waals surface area contributed by atoms with Gasteiger partial charge in [0.05, 0.1) is 6.10 Å². The van der Waals surface area contributed by atoms with Gasteiger partial charge in [-0.1, -0.05) is 53.2 Å². The predicted molar refractivity (Wildman–Crippen MR) is 176 cm³/mol. The van der Waals surface area contributed by atoms with Crippen molar-refractivity contribution in [3.8, 4) is 11.5 Å². The maximum atomic E-state index is 11.8. The molecule has 0 unspecified atom stereocenters. The quantitative estimate of drug-likeness (QED) is 0.187. The van der Waals surface area contributed by atoms with Crippen molar-refractivity contribution in [3.63, 3.8) is 0 Å². The van der Waals surface area contributed by atoms with Gasteiger partial charge in [0.1, 0.15) is 11.5 Å². The van der Waals surface area contributed by atoms with Gasteiger partial charge >= 0.3 is 59.1 Å². The molecule has 0 saturated heterocycles. The van der Waals surface area contributed by atoms with Crippen molar-refractivity contribution >= 4 is 20.8 Å². The van der Waals surface area contributed by atoms with E-state index in [2.05, 4.69) is 54.5 Å². The van der Waals surface area contributed by atoms with Gasteiger partial charge in [-0.05, 0) is 135 Å². The van der Waals surface area contributed by atoms with E-state index in [1.54, 1.807) is 0 Å². The summed E-state index contributed by atoms with van der Waals surface area (Å²) in [4.78, 5) is 0. The molecule has 0 aromatic heterocycles. The summed E-state index contributed by atoms with van der Waals surface area (Å²) in [6.07, 6.45) is 11.8. The Morgan fingerprint density at radius 1 is 0.796 bits per heavy atom. The van der Waals surface area contributed by atoms with Crippen molar-refractivity contribution in [1.82, 2.24) is 0 Å². The first-order valence-corrected chi connectivity index (χ1v) is 20.0. The van der Waals surface area contributed by atoms with Crippen molar-refractivity contribution in [2.24, 2.45) is 45.3 Å². The molecule has 0 aliphatic heterocycles. The van der Waals surface area contributed by atoms with Crippen LogP contribution in [-0.4, -0.2) is 37.2 Å². The standard InChI is InChI=1S/C36H54O9S2.2Na/c1-22-9-8-16-32(2,3)24(22)12-17-35(6)28-13-18-34(5)27(33(28,4)20-15-30(35)37)14-19-36(7)29(34)21-23-25(44-46(38,39)40)10-11-26(31(23)36)45-47(41,42)43;;/h9-11,24,27-30,37H,8,12-21H2,1-7H3,(H,38,39,40)(H,41,42,43);;/q;2*+1/p-2/t24-,27-,28-,29+,30+,33-,34-,35+,36+;;/m1../s1. The Morgan fingerprint density at radius 3 is 1.96 bits per heavy atom. The van der Waals surface area contributed by atoms with Crippen LogP contribution in [0.15, 0.2) is 23.8 Å². The SMILES string of the molecule is CC1=CCCC(C)(C)[C@@H]1CC[C@@]1(C)[C@@H]2CC[C@]3(C)[C@H](CC[C@]4(C)c5c(OS(=O)(=O)[O-])ccc(OS(=O)(=O)[O-])c5C[C@@H]34)[C@@]2(C)CC[C@@H]1O.[Na+].[Na+]. The Hall–Kier alpha value is 0.340. The number of aliphatic hydroxyl groups is 1. The number of fused-ring (bicyclic) bond motifs is 7. The largest absolute Gasteiger partial charge is 1.00 e. The summed E-state index contributed by atoms with van der Waals surface area (Å²) in [7, 11) is -10.2. The minimum atomic E-state index is -5.12. The third kappa shape index (κ3) is 7.17. The van der Waals surface area contributed by atoms with Gasteiger partial charge in [0.25, 0.3) is 20.8 Å². The zero-order chi connectivity index (χ0) is 34.6. The van der Waals surface area contributed by atoms with Crippen LogP contribution < -0.4 is 67.5 Å². The van der Waals surface area contributed by atoms with E-state index >= 15 is 0 Å². The van der Waals surface area contributed by atoms with Gasteiger partial charge in [-0.25, -0.2) is 16.8 Å². The van der Waals surface area contributed by atoms with Crippen LogP contribution in [0.4, 0.5) is 0 Å². The smallest absolute Gasteiger partial charge is 0.716 e. The van der Waals surface area contributed by atoms with Crippen LogP contribution in [-0.2, 0) is 32.6 Å². The molecular weight excluding hydrogens is 687 g/mol. The summed E-state index contributed by atoms with van der Waals surface area (Å²) in [6, 6.07) is 2.44. The fraction of sp³-hybridized carbons (Fsp3) is 0.778. The molecule has 0 amide bonds. The zero-order valence-corrected chi connectivity index (χ0v) is 36.6. The third-order valence-corrected chi connectivity index (χ3v) is 15.5. The Bertz CT molecular complexity index is 1700. The van der Waals surface area contributed by atoms with E-state index in [1.165, 1.54) is 24.1 Å². The first kappa shape index (κ1) is 42.1. The minimum Gasteiger partial charge on any atom is -0.716 e. The minimum absolute atomic E-state index is 0. The predicted octanol–water partition coefficient (Wildman–Crippen LogP) is 0.959. The van der Waals surface area contributed by atoms with Crippen LogP contribution in [0.3, 0.4) is 0 Å². The molecule has 1 aromatic carbocycles. The van der Waals surface area contributed by atoms with Crippen LogP contribution in [0.1, 0.15) is 124 Å². The number of allylic oxidation sites excluding steroid dienone is 2. The second kappa shape index (κ2) is 13.9. The Kier molecular flexibility index (Phi) is 11.9. The first-order chi connectivity index (χ1) is 21.6. The molecule has 9 nitrogen and oxygen atoms in total. The molecule has 0 bridgehead atoms. The second-order valence-electron chi connectivity index (χ2n) is 17.4. The van der Waals surface area contributed by atoms with Crippen LogP contribution in [0, 0.1) is 45.3 Å². The number of aliphatic hydroxyl groups excluding tert-OH is 1. The fourth-order valence-corrected chi connectivity index (χ4v) is 13.3. The Morgan fingerprint density at radius 2 is 1.35 bits per heavy atom. The zero-order valence-electron chi connectivity index (χ0n) is 30.9. The van der Waals surface area contributed by atoms with E-state index in [0.717, 1.165) is 51.4 Å². The van der Waals surface area contributed by atoms with E-state index in [1.807, 2.05) is 0 Å². The molecule has 9 atom stereocenters. The average molecular weight is 739 g/mol. The van der Waals surface area contributed by atoms with Crippen LogP contribution in [0.25, 0.3) is 0 Å². The van der Waals surface area contributed by atoms with Crippen molar-refractivity contribution in [2.75, 3.05) is 0 Å². The van der Waals surface area contributed by atoms with E-state index in [9.17, 15) is 31.0 Å². The van der Waals surface area contributed by atoms with E-state index in [0.29, 0.717) is 41.7 Å². The van der Waals surface area contributed by atoms with Gasteiger partial charge in [-0.3, -0.25) is 0 Å². The molecule has 49 heavy (non-hydrogen) atoms. The molecule has 3 fully saturated rings. The number of rotatable bonds is 7. The van der Waals surface area contributed by atoms with Gasteiger partial charge in [-0.15, -0.1) is 0 Å². The van der Waals surface area contributed by atoms with E-state index < -0.39 is 26.2 Å². The van der Waals surface area contributed by atoms with Crippen LogP contribution in [0.5, 0.6) is 11.5 Å². The van der Waals surface area contributed by atoms with Gasteiger partial charge in [0.15, 0.2) is 0 Å². The number of hydrogen-bond acceptors (Lipinski definition) is 9. The third-order valence-electron chi connectivity index (χ3n) is 14.7. The molecule has 13 heteroatoms. The monoisotopic (exact) mass is 738 g/mol. The number of hydrogen-bond donors (Lipinski definition) is 1. The molecule has 0 radical (unpaired) electrons. The van der Waals surface area contributed by atoms with Gasteiger partial charge in [0.2, 0.25) is 0 Å². The van der Waals surface area contributed by atoms with Crippen LogP contribution >= 0.6 is 0 Å². The molecule has 5 aliphatic rings. The molecule has 1 N–H and O–H groups in total. The fourth-order valence-electron chi connectivity index (χ4n) is 12.6. The molecule has 0 heterocycles. The van der Waals surface area contributed by atoms with Gasteiger partial charge in [-0.2, -0.15) is 0 Å². The first-order valence-electron chi connectivity index (χ1n) is 17.4. The van der Waals surface area contributed by atoms with Crippen molar-refractivity contribution in [3.05, 3.63) is 34.9 Å². The maximum Gasteiger partial charge on any atom is 1.00 e. The normalized spacial score (nSPS) is 39.5. The molecule has 6 rings (SSSR count). The summed E-state index contributed by atoms with van der Waals surface area (Å²) < 4.78 is 80.4. The summed E-state index contributed by atoms with van der Waals surface area (Å²) in [5.74, 6) is 0.839. The molecule has 5 aliphatic carbocycles. The summed E-state index contributed by atoms with van der Waals surface area (Å²) in [5.41, 5.74) is 1.47. The van der Waals surface area contributed by atoms with Gasteiger partial charge in [0, 0.05) is 16.5 Å². The topological polar surface area (TPSA) is 153 Å². The van der Waals surface area contributed by atoms with E-state index in [-0.39, 0.29) is 104 Å². The second-order valence-corrected chi connectivity index (χ2v) is 19.4. The molecular formula is C36H52Na2O9S2. The number of benzene rings is 1. The summed E-state index contributed by atoms with van der Waals surface area (Å²) in [5, 5.41) is 11.7. The molecule has 1 aromatic rings. The Balaban J connectivity index is 0.00000270. The summed E-state index contributed by atoms with van der Waals surface area (Å²) >= 11 is 0. The van der Waals surface area contributed by atoms with Crippen molar-refractivity contribution in [2.45, 2.75) is 131 Å². The van der Waals surface area contributed by atoms with E-state index in [4.69, 9.17) is 8.37 Å². The van der Waals surface area contributed by atoms with Crippen molar-refractivity contribution in [1.29, 1.82) is 0 Å². The maximum absolute atomic E-state index is 11.8. The Labute approximate surface area is 338 Å². The summed E-state index contributed by atoms with van der Waals surface area (Å²) in [6.45, 7) is 16.2. The molecule has 264 valence electrons. The van der Waals surface area contributed by atoms with Crippen molar-refractivity contribution < 1.29 is 98.5 Å². The van der Waals surface area contributed by atoms with Gasteiger partial charge < -0.3 is 22.6 Å². The van der Waals surface area contributed by atoms with Crippen LogP contribution in [0.2, 0.25) is 0 Å². The molecule has 3 saturated carbocycles. The molecule has 0 spiro atoms.